The van der Waals surface area contributed by atoms with Crippen LogP contribution in [-0.4, -0.2) is 55.9 Å². The second kappa shape index (κ2) is 15.9. The first-order valence-corrected chi connectivity index (χ1v) is 16.4. The van der Waals surface area contributed by atoms with Crippen LogP contribution in [0.3, 0.4) is 0 Å². The quantitative estimate of drug-likeness (QED) is 0.119. The molecule has 4 aromatic carbocycles. The summed E-state index contributed by atoms with van der Waals surface area (Å²) < 4.78 is 39.1. The van der Waals surface area contributed by atoms with E-state index in [1.165, 1.54) is 12.1 Å². The highest BCUT2D eigenvalue weighted by molar-refractivity contribution is 6.03. The van der Waals surface area contributed by atoms with Gasteiger partial charge in [-0.25, -0.2) is 0 Å². The second-order valence-electron chi connectivity index (χ2n) is 12.1. The lowest BCUT2D eigenvalue weighted by Crippen LogP contribution is -2.49. The summed E-state index contributed by atoms with van der Waals surface area (Å²) in [6, 6.07) is 30.0. The molecule has 1 unspecified atom stereocenters. The van der Waals surface area contributed by atoms with E-state index in [-0.39, 0.29) is 24.0 Å². The Morgan fingerprint density at radius 1 is 0.787 bits per heavy atom. The first kappa shape index (κ1) is 33.9. The minimum atomic E-state index is -4.41. The van der Waals surface area contributed by atoms with E-state index in [2.05, 4.69) is 22.0 Å². The average molecular weight is 642 g/mol. The molecule has 5 rings (SSSR count). The Bertz CT molecular complexity index is 1600. The average Bonchev–Trinajstić information content (AvgIpc) is 3.09. The number of amides is 1. The number of Topliss-reactive ketones (excluding diaryl/α,β-unsaturated/α-hetero) is 1. The summed E-state index contributed by atoms with van der Waals surface area (Å²) in [4.78, 5) is 31.2. The van der Waals surface area contributed by atoms with Crippen molar-refractivity contribution in [3.63, 3.8) is 0 Å². The van der Waals surface area contributed by atoms with Gasteiger partial charge in [0.25, 0.3) is 0 Å². The first-order chi connectivity index (χ1) is 22.7. The monoisotopic (exact) mass is 641 g/mol. The van der Waals surface area contributed by atoms with Crippen LogP contribution in [0.2, 0.25) is 0 Å². The highest BCUT2D eigenvalue weighted by Crippen LogP contribution is 2.32. The van der Waals surface area contributed by atoms with Crippen molar-refractivity contribution in [2.24, 2.45) is 0 Å². The van der Waals surface area contributed by atoms with Gasteiger partial charge in [-0.05, 0) is 52.9 Å². The Kier molecular flexibility index (Phi) is 11.5. The van der Waals surface area contributed by atoms with Crippen molar-refractivity contribution in [1.29, 1.82) is 0 Å². The van der Waals surface area contributed by atoms with Crippen molar-refractivity contribution >= 4 is 17.4 Å². The molecule has 0 aromatic heterocycles. The van der Waals surface area contributed by atoms with Crippen LogP contribution in [0.15, 0.2) is 103 Å². The largest absolute Gasteiger partial charge is 0.416 e. The molecule has 0 saturated carbocycles. The minimum Gasteiger partial charge on any atom is -0.369 e. The lowest BCUT2D eigenvalue weighted by molar-refractivity contribution is -0.137. The molecular formula is C39H42F3N3O2. The molecule has 8 heteroatoms. The third-order valence-corrected chi connectivity index (χ3v) is 8.83. The van der Waals surface area contributed by atoms with E-state index in [1.54, 1.807) is 24.3 Å². The number of nitrogens with zero attached hydrogens (tertiary/aromatic N) is 2. The van der Waals surface area contributed by atoms with Gasteiger partial charge in [0.2, 0.25) is 5.91 Å². The van der Waals surface area contributed by atoms with Crippen molar-refractivity contribution in [3.05, 3.63) is 125 Å². The van der Waals surface area contributed by atoms with Crippen LogP contribution < -0.4 is 10.2 Å². The van der Waals surface area contributed by atoms with E-state index in [9.17, 15) is 22.8 Å². The number of hydrogen-bond donors (Lipinski definition) is 1. The van der Waals surface area contributed by atoms with E-state index in [1.807, 2.05) is 54.6 Å². The van der Waals surface area contributed by atoms with Gasteiger partial charge in [-0.3, -0.25) is 14.5 Å². The van der Waals surface area contributed by atoms with E-state index in [0.717, 1.165) is 74.4 Å². The maximum absolute atomic E-state index is 13.4. The normalized spacial score (nSPS) is 14.5. The summed E-state index contributed by atoms with van der Waals surface area (Å²) >= 11 is 0. The van der Waals surface area contributed by atoms with Crippen LogP contribution in [0, 0.1) is 0 Å². The molecule has 1 heterocycles. The SMILES string of the molecule is CCCCCNC(=O)C(CN1CCN(c2ccc(CC(=O)c3ccccc3-c3ccc(C(F)(F)F)cc3)cc2)CC1)c1ccccc1. The summed E-state index contributed by atoms with van der Waals surface area (Å²) in [5.41, 5.74) is 3.94. The lowest BCUT2D eigenvalue weighted by Gasteiger charge is -2.37. The third-order valence-electron chi connectivity index (χ3n) is 8.83. The zero-order valence-electron chi connectivity index (χ0n) is 26.8. The standard InChI is InChI=1S/C39H42F3N3O2/c1-2-3-9-22-43-38(47)36(30-10-5-4-6-11-30)28-44-23-25-45(26-24-44)33-20-14-29(15-21-33)27-37(46)35-13-8-7-12-34(35)31-16-18-32(19-17-31)39(40,41)42/h4-8,10-21,36H,2-3,9,22-28H2,1H3,(H,43,47). The van der Waals surface area contributed by atoms with E-state index >= 15 is 0 Å². The van der Waals surface area contributed by atoms with E-state index in [4.69, 9.17) is 0 Å². The van der Waals surface area contributed by atoms with Gasteiger partial charge in [0.15, 0.2) is 5.78 Å². The molecule has 1 amide bonds. The number of anilines is 1. The molecule has 0 aliphatic carbocycles. The molecule has 1 saturated heterocycles. The zero-order valence-corrected chi connectivity index (χ0v) is 26.8. The number of ketones is 1. The number of alkyl halides is 3. The van der Waals surface area contributed by atoms with Gasteiger partial charge < -0.3 is 10.2 Å². The lowest BCUT2D eigenvalue weighted by atomic mass is 9.93. The van der Waals surface area contributed by atoms with E-state index < -0.39 is 11.7 Å². The van der Waals surface area contributed by atoms with Crippen LogP contribution in [0.4, 0.5) is 18.9 Å². The van der Waals surface area contributed by atoms with Gasteiger partial charge in [-0.15, -0.1) is 0 Å². The molecule has 0 radical (unpaired) electrons. The first-order valence-electron chi connectivity index (χ1n) is 16.4. The highest BCUT2D eigenvalue weighted by Gasteiger charge is 2.30. The van der Waals surface area contributed by atoms with Crippen molar-refractivity contribution in [2.45, 2.75) is 44.7 Å². The number of piperazine rings is 1. The van der Waals surface area contributed by atoms with Crippen LogP contribution in [0.5, 0.6) is 0 Å². The summed E-state index contributed by atoms with van der Waals surface area (Å²) in [7, 11) is 0. The van der Waals surface area contributed by atoms with Gasteiger partial charge in [-0.1, -0.05) is 98.6 Å². The van der Waals surface area contributed by atoms with Crippen molar-refractivity contribution in [1.82, 2.24) is 10.2 Å². The summed E-state index contributed by atoms with van der Waals surface area (Å²) in [6.07, 6.45) is -1.01. The molecule has 1 fully saturated rings. The Balaban J connectivity index is 1.17. The summed E-state index contributed by atoms with van der Waals surface area (Å²) in [5, 5.41) is 3.15. The molecule has 5 nitrogen and oxygen atoms in total. The maximum atomic E-state index is 13.4. The molecule has 47 heavy (non-hydrogen) atoms. The summed E-state index contributed by atoms with van der Waals surface area (Å²) in [6.45, 7) is 6.88. The minimum absolute atomic E-state index is 0.0850. The molecule has 1 atom stereocenters. The van der Waals surface area contributed by atoms with Gasteiger partial charge in [0.1, 0.15) is 0 Å². The molecule has 1 N–H and O–H groups in total. The fourth-order valence-corrected chi connectivity index (χ4v) is 6.10. The van der Waals surface area contributed by atoms with Crippen molar-refractivity contribution in [2.75, 3.05) is 44.2 Å². The molecule has 1 aliphatic heterocycles. The number of benzene rings is 4. The third kappa shape index (κ3) is 9.10. The molecule has 246 valence electrons. The number of unbranched alkanes of at least 4 members (excludes halogenated alkanes) is 2. The fourth-order valence-electron chi connectivity index (χ4n) is 6.10. The molecule has 0 spiro atoms. The van der Waals surface area contributed by atoms with Crippen molar-refractivity contribution in [3.8, 4) is 11.1 Å². The Hall–Kier alpha value is -4.43. The van der Waals surface area contributed by atoms with Crippen LogP contribution in [0.1, 0.15) is 59.2 Å². The smallest absolute Gasteiger partial charge is 0.369 e. The predicted molar refractivity (Wildman–Crippen MR) is 182 cm³/mol. The zero-order chi connectivity index (χ0) is 33.2. The van der Waals surface area contributed by atoms with Gasteiger partial charge in [0, 0.05) is 56.9 Å². The number of hydrogen-bond acceptors (Lipinski definition) is 4. The van der Waals surface area contributed by atoms with Gasteiger partial charge in [0.05, 0.1) is 11.5 Å². The van der Waals surface area contributed by atoms with Crippen LogP contribution >= 0.6 is 0 Å². The summed E-state index contributed by atoms with van der Waals surface area (Å²) in [5.74, 6) is -0.225. The number of carbonyl (C=O) groups excluding carboxylic acids is 2. The van der Waals surface area contributed by atoms with Crippen LogP contribution in [0.25, 0.3) is 11.1 Å². The number of nitrogens with one attached hydrogen (secondary N) is 1. The molecule has 0 bridgehead atoms. The fraction of sp³-hybridized carbons (Fsp3) is 0.333. The number of halogens is 3. The molecule has 1 aliphatic rings. The van der Waals surface area contributed by atoms with E-state index in [0.29, 0.717) is 29.8 Å². The Morgan fingerprint density at radius 3 is 2.11 bits per heavy atom. The number of carbonyl (C=O) groups is 2. The Labute approximate surface area is 275 Å². The van der Waals surface area contributed by atoms with Gasteiger partial charge in [-0.2, -0.15) is 13.2 Å². The predicted octanol–water partition coefficient (Wildman–Crippen LogP) is 8.01. The molecule has 4 aromatic rings. The van der Waals surface area contributed by atoms with Crippen molar-refractivity contribution < 1.29 is 22.8 Å². The maximum Gasteiger partial charge on any atom is 0.416 e. The highest BCUT2D eigenvalue weighted by atomic mass is 19.4. The number of rotatable bonds is 13. The molecular weight excluding hydrogens is 599 g/mol. The van der Waals surface area contributed by atoms with Gasteiger partial charge >= 0.3 is 6.18 Å². The second-order valence-corrected chi connectivity index (χ2v) is 12.1. The Morgan fingerprint density at radius 2 is 1.45 bits per heavy atom. The van der Waals surface area contributed by atoms with Crippen LogP contribution in [-0.2, 0) is 17.4 Å². The topological polar surface area (TPSA) is 52.7 Å².